The number of nitro benzene ring substituents is 1. The molecule has 1 spiro atoms. The number of urea groups is 1. The molecule has 2 aromatic rings. The quantitative estimate of drug-likeness (QED) is 0.412. The van der Waals surface area contributed by atoms with Crippen molar-refractivity contribution in [1.82, 2.24) is 5.32 Å². The second-order valence-corrected chi connectivity index (χ2v) is 9.21. The highest BCUT2D eigenvalue weighted by Crippen LogP contribution is 2.48. The van der Waals surface area contributed by atoms with Crippen LogP contribution in [-0.4, -0.2) is 47.6 Å². The van der Waals surface area contributed by atoms with Gasteiger partial charge in [-0.25, -0.2) is 9.69 Å². The van der Waals surface area contributed by atoms with E-state index in [2.05, 4.69) is 5.32 Å². The number of nitrogens with one attached hydrogen (secondary N) is 1. The summed E-state index contributed by atoms with van der Waals surface area (Å²) < 4.78 is 6.06. The van der Waals surface area contributed by atoms with Crippen LogP contribution in [0.3, 0.4) is 0 Å². The Labute approximate surface area is 195 Å². The summed E-state index contributed by atoms with van der Waals surface area (Å²) in [6, 6.07) is 9.87. The number of morpholine rings is 1. The van der Waals surface area contributed by atoms with Gasteiger partial charge in [-0.05, 0) is 50.1 Å². The van der Waals surface area contributed by atoms with Crippen molar-refractivity contribution < 1.29 is 24.0 Å². The number of ether oxygens (including phenoxy) is 1. The molecule has 1 N–H and O–H groups in total. The first kappa shape index (κ1) is 22.0. The van der Waals surface area contributed by atoms with E-state index in [1.807, 2.05) is 24.8 Å². The van der Waals surface area contributed by atoms with Crippen molar-refractivity contribution in [2.24, 2.45) is 5.41 Å². The number of non-ortho nitro benzene ring substituents is 1. The number of hydrogen-bond acceptors (Lipinski definition) is 7. The first-order valence-electron chi connectivity index (χ1n) is 11.1. The lowest BCUT2D eigenvalue weighted by Gasteiger charge is -2.56. The Morgan fingerprint density at radius 3 is 2.62 bits per heavy atom. The van der Waals surface area contributed by atoms with E-state index in [9.17, 15) is 24.5 Å². The number of rotatable bonds is 2. The second-order valence-electron chi connectivity index (χ2n) is 9.21. The van der Waals surface area contributed by atoms with E-state index >= 15 is 0 Å². The summed E-state index contributed by atoms with van der Waals surface area (Å²) in [5.41, 5.74) is 0.593. The van der Waals surface area contributed by atoms with Gasteiger partial charge in [0.05, 0.1) is 28.9 Å². The Morgan fingerprint density at radius 1 is 1.15 bits per heavy atom. The zero-order valence-corrected chi connectivity index (χ0v) is 19.0. The zero-order chi connectivity index (χ0) is 24.4. The van der Waals surface area contributed by atoms with Crippen LogP contribution in [-0.2, 0) is 20.7 Å². The first-order valence-corrected chi connectivity index (χ1v) is 11.1. The van der Waals surface area contributed by atoms with Crippen LogP contribution >= 0.6 is 0 Å². The summed E-state index contributed by atoms with van der Waals surface area (Å²) >= 11 is 0. The summed E-state index contributed by atoms with van der Waals surface area (Å²) in [7, 11) is 0. The lowest BCUT2D eigenvalue weighted by atomic mass is 9.66. The Kier molecular flexibility index (Phi) is 4.94. The molecular weight excluding hydrogens is 440 g/mol. The van der Waals surface area contributed by atoms with Gasteiger partial charge in [0.1, 0.15) is 0 Å². The number of carbonyl (C=O) groups excluding carboxylic acids is 3. The van der Waals surface area contributed by atoms with E-state index in [0.717, 1.165) is 16.2 Å². The fourth-order valence-electron chi connectivity index (χ4n) is 5.63. The number of anilines is 2. The third-order valence-corrected chi connectivity index (χ3v) is 6.91. The fourth-order valence-corrected chi connectivity index (χ4v) is 5.63. The molecular formula is C24H24N4O6. The number of carbonyl (C=O) groups is 3. The number of imide groups is 2. The molecule has 2 aromatic carbocycles. The number of aryl methyl sites for hydroxylation is 1. The second kappa shape index (κ2) is 7.63. The Bertz CT molecular complexity index is 1250. The molecule has 3 aliphatic heterocycles. The van der Waals surface area contributed by atoms with E-state index in [0.29, 0.717) is 17.8 Å². The predicted molar refractivity (Wildman–Crippen MR) is 123 cm³/mol. The molecule has 3 aliphatic rings. The summed E-state index contributed by atoms with van der Waals surface area (Å²) in [5, 5.41) is 13.8. The minimum absolute atomic E-state index is 0.0898. The van der Waals surface area contributed by atoms with Crippen LogP contribution in [0.15, 0.2) is 42.5 Å². The van der Waals surface area contributed by atoms with Gasteiger partial charge in [-0.3, -0.25) is 25.0 Å². The molecule has 0 radical (unpaired) electrons. The van der Waals surface area contributed by atoms with Crippen LogP contribution in [0.4, 0.5) is 21.9 Å². The van der Waals surface area contributed by atoms with Crippen molar-refractivity contribution in [2.75, 3.05) is 16.3 Å². The van der Waals surface area contributed by atoms with Gasteiger partial charge in [0.2, 0.25) is 5.91 Å². The highest BCUT2D eigenvalue weighted by molar-refractivity contribution is 6.30. The number of nitro groups is 1. The smallest absolute Gasteiger partial charge is 0.335 e. The highest BCUT2D eigenvalue weighted by atomic mass is 16.6. The molecule has 0 aromatic heterocycles. The van der Waals surface area contributed by atoms with Crippen molar-refractivity contribution in [3.63, 3.8) is 0 Å². The number of hydrogen-bond donors (Lipinski definition) is 1. The van der Waals surface area contributed by atoms with E-state index in [4.69, 9.17) is 4.74 Å². The molecule has 0 saturated carbocycles. The SMILES string of the molecule is Cc1cccc(N2C(=O)NC(=O)[C@]3(Cc4cc([N+](=O)[O-])ccc4N4C[C@@H](C)O[C@H](C)[C@H]43)C2=O)c1. The minimum Gasteiger partial charge on any atom is -0.372 e. The van der Waals surface area contributed by atoms with Crippen LogP contribution in [0.5, 0.6) is 0 Å². The maximum atomic E-state index is 14.2. The molecule has 5 rings (SSSR count). The molecule has 4 atom stereocenters. The monoisotopic (exact) mass is 464 g/mol. The maximum absolute atomic E-state index is 14.2. The number of nitrogens with zero attached hydrogens (tertiary/aromatic N) is 3. The van der Waals surface area contributed by atoms with E-state index in [1.165, 1.54) is 12.1 Å². The van der Waals surface area contributed by atoms with Crippen molar-refractivity contribution in [1.29, 1.82) is 0 Å². The van der Waals surface area contributed by atoms with E-state index in [-0.39, 0.29) is 18.2 Å². The van der Waals surface area contributed by atoms with Crippen molar-refractivity contribution in [3.05, 3.63) is 63.7 Å². The van der Waals surface area contributed by atoms with Gasteiger partial charge in [-0.15, -0.1) is 0 Å². The van der Waals surface area contributed by atoms with Gasteiger partial charge >= 0.3 is 6.03 Å². The molecule has 2 saturated heterocycles. The third kappa shape index (κ3) is 3.09. The highest BCUT2D eigenvalue weighted by Gasteiger charge is 2.65. The van der Waals surface area contributed by atoms with Crippen molar-refractivity contribution in [3.8, 4) is 0 Å². The molecule has 34 heavy (non-hydrogen) atoms. The molecule has 2 fully saturated rings. The van der Waals surface area contributed by atoms with Crippen LogP contribution in [0, 0.1) is 22.5 Å². The largest absolute Gasteiger partial charge is 0.372 e. The van der Waals surface area contributed by atoms with Gasteiger partial charge in [0, 0.05) is 30.8 Å². The normalized spacial score (nSPS) is 28.4. The number of benzene rings is 2. The number of fused-ring (bicyclic) bond motifs is 4. The van der Waals surface area contributed by atoms with Crippen LogP contribution in [0.25, 0.3) is 0 Å². The molecule has 0 unspecified atom stereocenters. The molecule has 176 valence electrons. The average Bonchev–Trinajstić information content (AvgIpc) is 2.77. The third-order valence-electron chi connectivity index (χ3n) is 6.91. The van der Waals surface area contributed by atoms with Crippen LogP contribution in [0.2, 0.25) is 0 Å². The molecule has 10 heteroatoms. The molecule has 4 amide bonds. The van der Waals surface area contributed by atoms with Crippen molar-refractivity contribution in [2.45, 2.75) is 45.4 Å². The summed E-state index contributed by atoms with van der Waals surface area (Å²) in [6.45, 7) is 5.93. The molecule has 0 aliphatic carbocycles. The van der Waals surface area contributed by atoms with E-state index < -0.39 is 40.3 Å². The minimum atomic E-state index is -1.71. The Morgan fingerprint density at radius 2 is 1.91 bits per heavy atom. The summed E-state index contributed by atoms with van der Waals surface area (Å²) in [4.78, 5) is 54.5. The number of barbiturate groups is 1. The fraction of sp³-hybridized carbons (Fsp3) is 0.375. The lowest BCUT2D eigenvalue weighted by Crippen LogP contribution is -2.76. The van der Waals surface area contributed by atoms with Crippen LogP contribution in [0.1, 0.15) is 25.0 Å². The molecule has 0 bridgehead atoms. The average molecular weight is 464 g/mol. The first-order chi connectivity index (χ1) is 16.1. The zero-order valence-electron chi connectivity index (χ0n) is 19.0. The van der Waals surface area contributed by atoms with Gasteiger partial charge in [-0.2, -0.15) is 0 Å². The lowest BCUT2D eigenvalue weighted by molar-refractivity contribution is -0.384. The van der Waals surface area contributed by atoms with E-state index in [1.54, 1.807) is 31.2 Å². The van der Waals surface area contributed by atoms with Crippen molar-refractivity contribution >= 4 is 34.9 Å². The van der Waals surface area contributed by atoms with Gasteiger partial charge in [-0.1, -0.05) is 12.1 Å². The summed E-state index contributed by atoms with van der Waals surface area (Å²) in [6.07, 6.45) is -0.803. The van der Waals surface area contributed by atoms with Crippen LogP contribution < -0.4 is 15.1 Å². The predicted octanol–water partition coefficient (Wildman–Crippen LogP) is 2.71. The van der Waals surface area contributed by atoms with Gasteiger partial charge in [0.25, 0.3) is 11.6 Å². The topological polar surface area (TPSA) is 122 Å². The van der Waals surface area contributed by atoms with Gasteiger partial charge in [0.15, 0.2) is 5.41 Å². The molecule has 3 heterocycles. The standard InChI is InChI=1S/C24H24N4O6/c1-13-5-4-6-17(9-13)27-22(30)24(21(29)25-23(27)31)11-16-10-18(28(32)33)7-8-19(16)26-12-14(2)34-15(3)20(24)26/h4-10,14-15,20H,11-12H2,1-3H3,(H,25,29,31)/t14-,15-,20+,24-/m1/s1. The summed E-state index contributed by atoms with van der Waals surface area (Å²) in [5.74, 6) is -1.38. The Balaban J connectivity index is 1.71. The van der Waals surface area contributed by atoms with Gasteiger partial charge < -0.3 is 9.64 Å². The Hall–Kier alpha value is -3.79. The number of amides is 4. The molecule has 10 nitrogen and oxygen atoms in total. The maximum Gasteiger partial charge on any atom is 0.335 e.